The first-order valence-electron chi connectivity index (χ1n) is 2.95. The summed E-state index contributed by atoms with van der Waals surface area (Å²) in [6.07, 6.45) is 0. The van der Waals surface area contributed by atoms with E-state index in [9.17, 15) is 0 Å². The number of ether oxygens (including phenoxy) is 1. The van der Waals surface area contributed by atoms with E-state index >= 15 is 0 Å². The number of hydrogen-bond donors (Lipinski definition) is 3. The van der Waals surface area contributed by atoms with Gasteiger partial charge in [-0.15, -0.1) is 0 Å². The minimum Gasteiger partial charge on any atom is -0.395 e. The van der Waals surface area contributed by atoms with Gasteiger partial charge in [-0.2, -0.15) is 0 Å². The van der Waals surface area contributed by atoms with Gasteiger partial charge in [0.15, 0.2) is 0 Å². The molecule has 0 heterocycles. The lowest BCUT2D eigenvalue weighted by atomic mass is 10.4. The lowest BCUT2D eigenvalue weighted by Gasteiger charge is -2.06. The summed E-state index contributed by atoms with van der Waals surface area (Å²) in [4.78, 5) is 0. The van der Waals surface area contributed by atoms with Crippen LogP contribution in [0.15, 0.2) is 0 Å². The first-order chi connectivity index (χ1) is 4.31. The van der Waals surface area contributed by atoms with Gasteiger partial charge in [0.05, 0.1) is 25.9 Å². The second kappa shape index (κ2) is 5.97. The second-order valence-electron chi connectivity index (χ2n) is 1.81. The van der Waals surface area contributed by atoms with Gasteiger partial charge in [0.2, 0.25) is 0 Å². The molecule has 5 N–H and O–H groups in total. The quantitative estimate of drug-likeness (QED) is 0.391. The van der Waals surface area contributed by atoms with Crippen molar-refractivity contribution in [2.24, 2.45) is 11.5 Å². The van der Waals surface area contributed by atoms with Crippen LogP contribution in [0.2, 0.25) is 0 Å². The molecule has 9 heavy (non-hydrogen) atoms. The summed E-state index contributed by atoms with van der Waals surface area (Å²) in [5, 5.41) is 8.40. The predicted octanol–water partition coefficient (Wildman–Crippen LogP) is -1.72. The fraction of sp³-hybridized carbons (Fsp3) is 1.00. The van der Waals surface area contributed by atoms with Crippen molar-refractivity contribution in [2.45, 2.75) is 6.04 Å². The van der Waals surface area contributed by atoms with E-state index in [4.69, 9.17) is 21.3 Å². The Balaban J connectivity index is 2.88. The van der Waals surface area contributed by atoms with Gasteiger partial charge in [0, 0.05) is 6.54 Å². The molecular weight excluding hydrogens is 120 g/mol. The van der Waals surface area contributed by atoms with Crippen molar-refractivity contribution in [2.75, 3.05) is 26.4 Å². The van der Waals surface area contributed by atoms with E-state index in [1.165, 1.54) is 0 Å². The molecule has 1 unspecified atom stereocenters. The molecule has 0 aliphatic heterocycles. The minimum atomic E-state index is -0.267. The molecule has 56 valence electrons. The van der Waals surface area contributed by atoms with E-state index in [-0.39, 0.29) is 12.6 Å². The number of nitrogens with two attached hydrogens (primary N) is 2. The molecule has 0 aliphatic rings. The Morgan fingerprint density at radius 3 is 2.67 bits per heavy atom. The van der Waals surface area contributed by atoms with E-state index < -0.39 is 0 Å². The van der Waals surface area contributed by atoms with Gasteiger partial charge in [-0.3, -0.25) is 0 Å². The number of hydrogen-bond acceptors (Lipinski definition) is 4. The monoisotopic (exact) mass is 134 g/mol. The Bertz CT molecular complexity index is 60.9. The van der Waals surface area contributed by atoms with Crippen LogP contribution in [0.25, 0.3) is 0 Å². The first-order valence-corrected chi connectivity index (χ1v) is 2.95. The van der Waals surface area contributed by atoms with E-state index in [1.807, 2.05) is 0 Å². The molecule has 0 aliphatic carbocycles. The van der Waals surface area contributed by atoms with Crippen LogP contribution in [0.5, 0.6) is 0 Å². The first kappa shape index (κ1) is 8.84. The predicted molar refractivity (Wildman–Crippen MR) is 34.9 cm³/mol. The third-order valence-electron chi connectivity index (χ3n) is 0.829. The standard InChI is InChI=1S/C5H14N2O2/c6-1-2-9-4-5(7)3-8/h5,8H,1-4,6-7H2. The van der Waals surface area contributed by atoms with Gasteiger partial charge in [-0.25, -0.2) is 0 Å². The highest BCUT2D eigenvalue weighted by Gasteiger charge is 1.97. The molecule has 4 heteroatoms. The zero-order valence-electron chi connectivity index (χ0n) is 5.42. The van der Waals surface area contributed by atoms with Crippen LogP contribution in [0.1, 0.15) is 0 Å². The summed E-state index contributed by atoms with van der Waals surface area (Å²) < 4.78 is 4.93. The Morgan fingerprint density at radius 2 is 2.22 bits per heavy atom. The average molecular weight is 134 g/mol. The maximum Gasteiger partial charge on any atom is 0.0640 e. The summed E-state index contributed by atoms with van der Waals surface area (Å²) in [6, 6.07) is -0.267. The molecule has 0 aromatic carbocycles. The lowest BCUT2D eigenvalue weighted by molar-refractivity contribution is 0.107. The fourth-order valence-electron chi connectivity index (χ4n) is 0.371. The Morgan fingerprint density at radius 1 is 1.56 bits per heavy atom. The van der Waals surface area contributed by atoms with Crippen LogP contribution in [-0.4, -0.2) is 37.5 Å². The molecule has 0 rings (SSSR count). The van der Waals surface area contributed by atoms with Gasteiger partial charge in [0.1, 0.15) is 0 Å². The van der Waals surface area contributed by atoms with Gasteiger partial charge < -0.3 is 21.3 Å². The molecule has 0 spiro atoms. The van der Waals surface area contributed by atoms with E-state index in [2.05, 4.69) is 0 Å². The number of aliphatic hydroxyl groups is 1. The molecular formula is C5H14N2O2. The topological polar surface area (TPSA) is 81.5 Å². The minimum absolute atomic E-state index is 0.0371. The van der Waals surface area contributed by atoms with Gasteiger partial charge in [-0.05, 0) is 0 Å². The lowest BCUT2D eigenvalue weighted by Crippen LogP contribution is -2.30. The van der Waals surface area contributed by atoms with E-state index in [0.717, 1.165) is 0 Å². The molecule has 0 bridgehead atoms. The van der Waals surface area contributed by atoms with Crippen molar-refractivity contribution in [3.05, 3.63) is 0 Å². The number of aliphatic hydroxyl groups excluding tert-OH is 1. The molecule has 0 saturated heterocycles. The van der Waals surface area contributed by atoms with Crippen molar-refractivity contribution in [3.63, 3.8) is 0 Å². The van der Waals surface area contributed by atoms with Crippen LogP contribution < -0.4 is 11.5 Å². The van der Waals surface area contributed by atoms with Crippen molar-refractivity contribution in [3.8, 4) is 0 Å². The van der Waals surface area contributed by atoms with Crippen LogP contribution in [-0.2, 0) is 4.74 Å². The SMILES string of the molecule is NCCOCC(N)CO. The van der Waals surface area contributed by atoms with Crippen LogP contribution in [0.3, 0.4) is 0 Å². The normalized spacial score (nSPS) is 13.7. The molecule has 0 amide bonds. The Hall–Kier alpha value is -0.160. The van der Waals surface area contributed by atoms with Gasteiger partial charge >= 0.3 is 0 Å². The van der Waals surface area contributed by atoms with Crippen molar-refractivity contribution < 1.29 is 9.84 Å². The Labute approximate surface area is 54.8 Å². The second-order valence-corrected chi connectivity index (χ2v) is 1.81. The van der Waals surface area contributed by atoms with E-state index in [1.54, 1.807) is 0 Å². The van der Waals surface area contributed by atoms with Crippen molar-refractivity contribution >= 4 is 0 Å². The largest absolute Gasteiger partial charge is 0.395 e. The maximum atomic E-state index is 8.40. The highest BCUT2D eigenvalue weighted by molar-refractivity contribution is 4.55. The molecule has 0 saturated carbocycles. The molecule has 0 aromatic heterocycles. The summed E-state index contributed by atoms with van der Waals surface area (Å²) in [6.45, 7) is 1.35. The van der Waals surface area contributed by atoms with Gasteiger partial charge in [-0.1, -0.05) is 0 Å². The zero-order valence-corrected chi connectivity index (χ0v) is 5.42. The smallest absolute Gasteiger partial charge is 0.0640 e. The summed E-state index contributed by atoms with van der Waals surface area (Å²) in [5.74, 6) is 0. The Kier molecular flexibility index (Phi) is 5.86. The van der Waals surface area contributed by atoms with E-state index in [0.29, 0.717) is 19.8 Å². The third kappa shape index (κ3) is 5.72. The summed E-state index contributed by atoms with van der Waals surface area (Å²) >= 11 is 0. The summed E-state index contributed by atoms with van der Waals surface area (Å²) in [5.41, 5.74) is 10.4. The van der Waals surface area contributed by atoms with Crippen LogP contribution in [0.4, 0.5) is 0 Å². The zero-order chi connectivity index (χ0) is 7.11. The van der Waals surface area contributed by atoms with Gasteiger partial charge in [0.25, 0.3) is 0 Å². The molecule has 0 aromatic rings. The molecule has 1 atom stereocenters. The summed E-state index contributed by atoms with van der Waals surface area (Å²) in [7, 11) is 0. The van der Waals surface area contributed by atoms with Crippen LogP contribution in [0, 0.1) is 0 Å². The fourth-order valence-corrected chi connectivity index (χ4v) is 0.371. The molecule has 0 radical (unpaired) electrons. The van der Waals surface area contributed by atoms with Crippen molar-refractivity contribution in [1.82, 2.24) is 0 Å². The average Bonchev–Trinajstić information content (AvgIpc) is 1.89. The highest BCUT2D eigenvalue weighted by atomic mass is 16.5. The maximum absolute atomic E-state index is 8.40. The highest BCUT2D eigenvalue weighted by Crippen LogP contribution is 1.77. The van der Waals surface area contributed by atoms with Crippen molar-refractivity contribution in [1.29, 1.82) is 0 Å². The number of rotatable bonds is 5. The van der Waals surface area contributed by atoms with Crippen LogP contribution >= 0.6 is 0 Å². The molecule has 0 fully saturated rings. The molecule has 4 nitrogen and oxygen atoms in total. The third-order valence-corrected chi connectivity index (χ3v) is 0.829.